The smallest absolute Gasteiger partial charge is 0.229 e. The van der Waals surface area contributed by atoms with Crippen LogP contribution in [0.3, 0.4) is 0 Å². The van der Waals surface area contributed by atoms with Gasteiger partial charge in [0, 0.05) is 30.1 Å². The Morgan fingerprint density at radius 2 is 2.13 bits per heavy atom. The highest BCUT2D eigenvalue weighted by Gasteiger charge is 2.27. The van der Waals surface area contributed by atoms with E-state index < -0.39 is 0 Å². The molecule has 2 heterocycles. The van der Waals surface area contributed by atoms with Gasteiger partial charge in [-0.15, -0.1) is 11.3 Å². The molecule has 2 aliphatic rings. The maximum Gasteiger partial charge on any atom is 0.229 e. The largest absolute Gasteiger partial charge is 0.496 e. The Balaban J connectivity index is 1.43. The number of anilines is 1. The van der Waals surface area contributed by atoms with E-state index in [2.05, 4.69) is 16.3 Å². The first-order valence-corrected chi connectivity index (χ1v) is 12.1. The standard InChI is InChI=1S/C25H31N3O2S/c1-17-8-9-19(12-22(17)30-2)13-24(29)27-25-20(14-26)21-16-28(11-10-23(21)31-25)15-18-6-4-3-5-7-18/h8-9,12,18H,3-7,10-11,13,15-16H2,1-2H3,(H,27,29). The highest BCUT2D eigenvalue weighted by molar-refractivity contribution is 7.16. The lowest BCUT2D eigenvalue weighted by molar-refractivity contribution is -0.115. The van der Waals surface area contributed by atoms with Gasteiger partial charge in [-0.2, -0.15) is 5.26 Å². The first kappa shape index (κ1) is 21.9. The lowest BCUT2D eigenvalue weighted by atomic mass is 9.88. The van der Waals surface area contributed by atoms with Crippen LogP contribution in [-0.2, 0) is 24.2 Å². The van der Waals surface area contributed by atoms with Crippen molar-refractivity contribution in [3.63, 3.8) is 0 Å². The summed E-state index contributed by atoms with van der Waals surface area (Å²) in [7, 11) is 1.64. The predicted molar refractivity (Wildman–Crippen MR) is 125 cm³/mol. The molecule has 0 spiro atoms. The van der Waals surface area contributed by atoms with E-state index in [0.29, 0.717) is 10.6 Å². The maximum absolute atomic E-state index is 12.7. The highest BCUT2D eigenvalue weighted by Crippen LogP contribution is 2.37. The zero-order valence-electron chi connectivity index (χ0n) is 18.5. The summed E-state index contributed by atoms with van der Waals surface area (Å²) in [4.78, 5) is 16.5. The molecule has 1 fully saturated rings. The summed E-state index contributed by atoms with van der Waals surface area (Å²) >= 11 is 1.58. The zero-order valence-corrected chi connectivity index (χ0v) is 19.3. The molecule has 1 aliphatic carbocycles. The topological polar surface area (TPSA) is 65.4 Å². The molecule has 1 aliphatic heterocycles. The highest BCUT2D eigenvalue weighted by atomic mass is 32.1. The van der Waals surface area contributed by atoms with E-state index in [4.69, 9.17) is 4.74 Å². The number of fused-ring (bicyclic) bond motifs is 1. The number of carbonyl (C=O) groups excluding carboxylic acids is 1. The van der Waals surface area contributed by atoms with Crippen molar-refractivity contribution in [2.75, 3.05) is 25.5 Å². The minimum atomic E-state index is -0.0972. The van der Waals surface area contributed by atoms with Crippen LogP contribution in [0, 0.1) is 24.2 Å². The summed E-state index contributed by atoms with van der Waals surface area (Å²) < 4.78 is 5.36. The third-order valence-electron chi connectivity index (χ3n) is 6.57. The molecular weight excluding hydrogens is 406 g/mol. The Bertz CT molecular complexity index is 985. The van der Waals surface area contributed by atoms with E-state index in [9.17, 15) is 10.1 Å². The summed E-state index contributed by atoms with van der Waals surface area (Å²) in [6.45, 7) is 4.99. The number of nitriles is 1. The molecule has 1 amide bonds. The molecule has 0 unspecified atom stereocenters. The van der Waals surface area contributed by atoms with Gasteiger partial charge in [0.15, 0.2) is 0 Å². The normalized spacial score (nSPS) is 17.1. The van der Waals surface area contributed by atoms with Crippen molar-refractivity contribution in [2.45, 2.75) is 58.4 Å². The van der Waals surface area contributed by atoms with Crippen molar-refractivity contribution in [2.24, 2.45) is 5.92 Å². The molecule has 6 heteroatoms. The van der Waals surface area contributed by atoms with Crippen LogP contribution in [0.2, 0.25) is 0 Å². The summed E-state index contributed by atoms with van der Waals surface area (Å²) in [5, 5.41) is 13.6. The molecule has 5 nitrogen and oxygen atoms in total. The number of hydrogen-bond acceptors (Lipinski definition) is 5. The van der Waals surface area contributed by atoms with Crippen molar-refractivity contribution in [3.05, 3.63) is 45.3 Å². The van der Waals surface area contributed by atoms with Gasteiger partial charge in [-0.3, -0.25) is 9.69 Å². The van der Waals surface area contributed by atoms with Gasteiger partial charge >= 0.3 is 0 Å². The minimum Gasteiger partial charge on any atom is -0.496 e. The van der Waals surface area contributed by atoms with Gasteiger partial charge in [-0.1, -0.05) is 31.4 Å². The van der Waals surface area contributed by atoms with Crippen LogP contribution in [0.15, 0.2) is 18.2 Å². The number of nitrogens with zero attached hydrogens (tertiary/aromatic N) is 2. The second kappa shape index (κ2) is 9.84. The summed E-state index contributed by atoms with van der Waals surface area (Å²) in [5.74, 6) is 1.48. The van der Waals surface area contributed by atoms with E-state index in [1.54, 1.807) is 18.4 Å². The Hall–Kier alpha value is -2.36. The van der Waals surface area contributed by atoms with Gasteiger partial charge < -0.3 is 10.1 Å². The van der Waals surface area contributed by atoms with Crippen LogP contribution in [0.25, 0.3) is 0 Å². The first-order chi connectivity index (χ1) is 15.1. The molecule has 1 aromatic heterocycles. The number of nitrogens with one attached hydrogen (secondary N) is 1. The Morgan fingerprint density at radius 3 is 2.87 bits per heavy atom. The zero-order chi connectivity index (χ0) is 21.8. The van der Waals surface area contributed by atoms with E-state index >= 15 is 0 Å². The van der Waals surface area contributed by atoms with Crippen molar-refractivity contribution >= 4 is 22.2 Å². The Labute approximate surface area is 189 Å². The first-order valence-electron chi connectivity index (χ1n) is 11.3. The number of rotatable bonds is 6. The number of benzene rings is 1. The van der Waals surface area contributed by atoms with Crippen LogP contribution >= 0.6 is 11.3 Å². The molecule has 1 N–H and O–H groups in total. The third-order valence-corrected chi connectivity index (χ3v) is 7.78. The van der Waals surface area contributed by atoms with Crippen LogP contribution in [0.5, 0.6) is 5.75 Å². The van der Waals surface area contributed by atoms with Crippen LogP contribution in [0.1, 0.15) is 59.2 Å². The molecule has 1 saturated carbocycles. The number of aryl methyl sites for hydroxylation is 1. The van der Waals surface area contributed by atoms with Crippen molar-refractivity contribution in [1.29, 1.82) is 5.26 Å². The SMILES string of the molecule is COc1cc(CC(=O)Nc2sc3c(c2C#N)CN(CC2CCCCC2)CC3)ccc1C. The van der Waals surface area contributed by atoms with Crippen molar-refractivity contribution in [3.8, 4) is 11.8 Å². The Kier molecular flexibility index (Phi) is 6.94. The summed E-state index contributed by atoms with van der Waals surface area (Å²) in [6.07, 6.45) is 7.99. The van der Waals surface area contributed by atoms with Crippen molar-refractivity contribution < 1.29 is 9.53 Å². The molecule has 4 rings (SSSR count). The quantitative estimate of drug-likeness (QED) is 0.686. The van der Waals surface area contributed by atoms with E-state index in [1.807, 2.05) is 25.1 Å². The van der Waals surface area contributed by atoms with Gasteiger partial charge in [-0.05, 0) is 49.3 Å². The molecule has 0 atom stereocenters. The van der Waals surface area contributed by atoms with Crippen LogP contribution in [-0.4, -0.2) is 31.0 Å². The van der Waals surface area contributed by atoms with Crippen molar-refractivity contribution in [1.82, 2.24) is 4.90 Å². The monoisotopic (exact) mass is 437 g/mol. The molecule has 1 aromatic carbocycles. The molecular formula is C25H31N3O2S. The lowest BCUT2D eigenvalue weighted by Gasteiger charge is -2.32. The number of methoxy groups -OCH3 is 1. The Morgan fingerprint density at radius 1 is 1.32 bits per heavy atom. The number of thiophene rings is 1. The fourth-order valence-electron chi connectivity index (χ4n) is 4.87. The number of amides is 1. The summed E-state index contributed by atoms with van der Waals surface area (Å²) in [5.41, 5.74) is 3.73. The average Bonchev–Trinajstić information content (AvgIpc) is 3.11. The lowest BCUT2D eigenvalue weighted by Crippen LogP contribution is -2.34. The summed E-state index contributed by atoms with van der Waals surface area (Å²) in [6, 6.07) is 8.19. The molecule has 164 valence electrons. The number of carbonyl (C=O) groups is 1. The second-order valence-corrected chi connectivity index (χ2v) is 9.94. The van der Waals surface area contributed by atoms with E-state index in [0.717, 1.165) is 54.4 Å². The third kappa shape index (κ3) is 5.11. The van der Waals surface area contributed by atoms with Gasteiger partial charge in [-0.25, -0.2) is 0 Å². The molecule has 0 saturated heterocycles. The van der Waals surface area contributed by atoms with Gasteiger partial charge in [0.2, 0.25) is 5.91 Å². The molecule has 31 heavy (non-hydrogen) atoms. The molecule has 0 radical (unpaired) electrons. The average molecular weight is 438 g/mol. The van der Waals surface area contributed by atoms with Gasteiger partial charge in [0.25, 0.3) is 0 Å². The number of hydrogen-bond donors (Lipinski definition) is 1. The van der Waals surface area contributed by atoms with Gasteiger partial charge in [0.05, 0.1) is 19.1 Å². The van der Waals surface area contributed by atoms with Gasteiger partial charge in [0.1, 0.15) is 16.8 Å². The molecule has 0 bridgehead atoms. The number of ether oxygens (including phenoxy) is 1. The van der Waals surface area contributed by atoms with E-state index in [1.165, 1.54) is 37.0 Å². The van der Waals surface area contributed by atoms with Crippen LogP contribution < -0.4 is 10.1 Å². The van der Waals surface area contributed by atoms with E-state index in [-0.39, 0.29) is 12.3 Å². The maximum atomic E-state index is 12.7. The second-order valence-electron chi connectivity index (χ2n) is 8.84. The fourth-order valence-corrected chi connectivity index (χ4v) is 6.04. The fraction of sp³-hybridized carbons (Fsp3) is 0.520. The molecule has 2 aromatic rings. The minimum absolute atomic E-state index is 0.0972. The predicted octanol–water partition coefficient (Wildman–Crippen LogP) is 5.06. The van der Waals surface area contributed by atoms with Crippen LogP contribution in [0.4, 0.5) is 5.00 Å².